The second-order valence-electron chi connectivity index (χ2n) is 4.00. The normalized spacial score (nSPS) is 14.8. The number of oxazole rings is 1. The first kappa shape index (κ1) is 13.9. The monoisotopic (exact) mass is 296 g/mol. The van der Waals surface area contributed by atoms with E-state index in [2.05, 4.69) is 21.3 Å². The molecule has 3 heterocycles. The van der Waals surface area contributed by atoms with E-state index < -0.39 is 0 Å². The molecule has 0 aliphatic carbocycles. The van der Waals surface area contributed by atoms with Crippen LogP contribution < -0.4 is 10.2 Å². The molecule has 3 rings (SSSR count). The molecule has 0 radical (unpaired) electrons. The SMILES string of the molecule is Cl.N#Cc1nc(-c2cccs2)oc1N1CCNCC1. The highest BCUT2D eigenvalue weighted by Crippen LogP contribution is 2.30. The minimum atomic E-state index is 0. The molecule has 1 aliphatic rings. The van der Waals surface area contributed by atoms with E-state index in [1.54, 1.807) is 11.3 Å². The van der Waals surface area contributed by atoms with Gasteiger partial charge in [0.1, 0.15) is 6.07 Å². The maximum absolute atomic E-state index is 9.15. The summed E-state index contributed by atoms with van der Waals surface area (Å²) in [7, 11) is 0. The van der Waals surface area contributed by atoms with Crippen molar-refractivity contribution in [1.29, 1.82) is 5.26 Å². The summed E-state index contributed by atoms with van der Waals surface area (Å²) in [6.07, 6.45) is 0. The smallest absolute Gasteiger partial charge is 0.240 e. The molecule has 0 saturated carbocycles. The van der Waals surface area contributed by atoms with Gasteiger partial charge in [-0.2, -0.15) is 10.2 Å². The van der Waals surface area contributed by atoms with Gasteiger partial charge in [-0.25, -0.2) is 0 Å². The molecule has 19 heavy (non-hydrogen) atoms. The van der Waals surface area contributed by atoms with Gasteiger partial charge in [0.25, 0.3) is 0 Å². The highest BCUT2D eigenvalue weighted by molar-refractivity contribution is 7.13. The zero-order chi connectivity index (χ0) is 12.4. The Bertz CT molecular complexity index is 569. The first-order valence-corrected chi connectivity index (χ1v) is 6.67. The fourth-order valence-electron chi connectivity index (χ4n) is 1.97. The van der Waals surface area contributed by atoms with E-state index in [0.29, 0.717) is 17.5 Å². The van der Waals surface area contributed by atoms with Crippen molar-refractivity contribution in [3.63, 3.8) is 0 Å². The molecule has 100 valence electrons. The highest BCUT2D eigenvalue weighted by Gasteiger charge is 2.21. The number of hydrogen-bond acceptors (Lipinski definition) is 6. The van der Waals surface area contributed by atoms with Gasteiger partial charge in [0.15, 0.2) is 0 Å². The third kappa shape index (κ3) is 2.73. The Morgan fingerprint density at radius 1 is 1.42 bits per heavy atom. The van der Waals surface area contributed by atoms with Gasteiger partial charge in [-0.05, 0) is 11.4 Å². The standard InChI is InChI=1S/C12H12N4OS.ClH/c13-8-9-12(16-5-3-14-4-6-16)17-11(15-9)10-2-1-7-18-10;/h1-2,7,14H,3-6H2;1H. The molecule has 1 saturated heterocycles. The van der Waals surface area contributed by atoms with Crippen LogP contribution in [-0.4, -0.2) is 31.2 Å². The van der Waals surface area contributed by atoms with Gasteiger partial charge in [-0.3, -0.25) is 0 Å². The topological polar surface area (TPSA) is 65.1 Å². The Hall–Kier alpha value is -1.55. The van der Waals surface area contributed by atoms with Crippen molar-refractivity contribution in [2.75, 3.05) is 31.1 Å². The first-order valence-electron chi connectivity index (χ1n) is 5.79. The molecule has 0 aromatic carbocycles. The summed E-state index contributed by atoms with van der Waals surface area (Å²) < 4.78 is 5.76. The number of anilines is 1. The van der Waals surface area contributed by atoms with Crippen molar-refractivity contribution in [2.45, 2.75) is 0 Å². The van der Waals surface area contributed by atoms with E-state index in [-0.39, 0.29) is 12.4 Å². The molecule has 0 unspecified atom stereocenters. The molecule has 0 atom stereocenters. The van der Waals surface area contributed by atoms with Gasteiger partial charge in [-0.1, -0.05) is 6.07 Å². The molecule has 2 aromatic heterocycles. The number of hydrogen-bond donors (Lipinski definition) is 1. The number of piperazine rings is 1. The van der Waals surface area contributed by atoms with Crippen LogP contribution in [-0.2, 0) is 0 Å². The lowest BCUT2D eigenvalue weighted by atomic mass is 10.3. The molecule has 2 aromatic rings. The fourth-order valence-corrected chi connectivity index (χ4v) is 2.62. The lowest BCUT2D eigenvalue weighted by molar-refractivity contribution is 0.512. The number of nitriles is 1. The second-order valence-corrected chi connectivity index (χ2v) is 4.95. The summed E-state index contributed by atoms with van der Waals surface area (Å²) in [4.78, 5) is 7.29. The first-order chi connectivity index (χ1) is 8.88. The minimum absolute atomic E-state index is 0. The van der Waals surface area contributed by atoms with Gasteiger partial charge < -0.3 is 14.6 Å². The summed E-state index contributed by atoms with van der Waals surface area (Å²) in [5.74, 6) is 1.14. The van der Waals surface area contributed by atoms with Crippen LogP contribution >= 0.6 is 23.7 Å². The van der Waals surface area contributed by atoms with Crippen molar-refractivity contribution >= 4 is 29.6 Å². The van der Waals surface area contributed by atoms with Crippen LogP contribution in [0.25, 0.3) is 10.8 Å². The Morgan fingerprint density at radius 2 is 2.21 bits per heavy atom. The lowest BCUT2D eigenvalue weighted by Gasteiger charge is -2.26. The summed E-state index contributed by atoms with van der Waals surface area (Å²) in [5, 5.41) is 14.4. The van der Waals surface area contributed by atoms with Crippen LogP contribution in [0.5, 0.6) is 0 Å². The van der Waals surface area contributed by atoms with Crippen molar-refractivity contribution in [1.82, 2.24) is 10.3 Å². The number of rotatable bonds is 2. The number of nitrogens with one attached hydrogen (secondary N) is 1. The summed E-state index contributed by atoms with van der Waals surface area (Å²) in [6, 6.07) is 6.00. The zero-order valence-corrected chi connectivity index (χ0v) is 11.8. The molecule has 0 amide bonds. The average molecular weight is 297 g/mol. The summed E-state index contributed by atoms with van der Waals surface area (Å²) in [5.41, 5.74) is 0.375. The quantitative estimate of drug-likeness (QED) is 0.919. The van der Waals surface area contributed by atoms with Gasteiger partial charge in [-0.15, -0.1) is 23.7 Å². The van der Waals surface area contributed by atoms with Crippen LogP contribution in [0.2, 0.25) is 0 Å². The largest absolute Gasteiger partial charge is 0.418 e. The molecule has 1 N–H and O–H groups in total. The third-order valence-corrected chi connectivity index (χ3v) is 3.71. The Morgan fingerprint density at radius 3 is 2.84 bits per heavy atom. The molecule has 0 spiro atoms. The van der Waals surface area contributed by atoms with Crippen LogP contribution in [0.15, 0.2) is 21.9 Å². The van der Waals surface area contributed by atoms with Gasteiger partial charge >= 0.3 is 0 Å². The van der Waals surface area contributed by atoms with E-state index in [4.69, 9.17) is 9.68 Å². The van der Waals surface area contributed by atoms with Crippen LogP contribution in [0.4, 0.5) is 5.88 Å². The fraction of sp³-hybridized carbons (Fsp3) is 0.333. The van der Waals surface area contributed by atoms with Crippen LogP contribution in [0, 0.1) is 11.3 Å². The van der Waals surface area contributed by atoms with Crippen LogP contribution in [0.3, 0.4) is 0 Å². The van der Waals surface area contributed by atoms with Crippen molar-refractivity contribution in [3.8, 4) is 16.8 Å². The van der Waals surface area contributed by atoms with Gasteiger partial charge in [0, 0.05) is 26.2 Å². The lowest BCUT2D eigenvalue weighted by Crippen LogP contribution is -2.43. The number of nitrogens with zero attached hydrogens (tertiary/aromatic N) is 3. The molecular formula is C12H13ClN4OS. The minimum Gasteiger partial charge on any atom is -0.418 e. The van der Waals surface area contributed by atoms with Gasteiger partial charge in [0.05, 0.1) is 4.88 Å². The number of thiophene rings is 1. The van der Waals surface area contributed by atoms with Crippen molar-refractivity contribution in [3.05, 3.63) is 23.2 Å². The van der Waals surface area contributed by atoms with E-state index in [1.807, 2.05) is 17.5 Å². The molecular weight excluding hydrogens is 284 g/mol. The Balaban J connectivity index is 0.00000133. The highest BCUT2D eigenvalue weighted by atomic mass is 35.5. The van der Waals surface area contributed by atoms with E-state index in [1.165, 1.54) is 0 Å². The molecule has 0 bridgehead atoms. The zero-order valence-electron chi connectivity index (χ0n) is 10.1. The maximum atomic E-state index is 9.15. The molecule has 5 nitrogen and oxygen atoms in total. The third-order valence-electron chi connectivity index (χ3n) is 2.85. The summed E-state index contributed by atoms with van der Waals surface area (Å²) in [6.45, 7) is 3.49. The molecule has 1 fully saturated rings. The predicted molar refractivity (Wildman–Crippen MR) is 76.9 cm³/mol. The Kier molecular flexibility index (Phi) is 4.43. The molecule has 7 heteroatoms. The average Bonchev–Trinajstić information content (AvgIpc) is 3.08. The second kappa shape index (κ2) is 6.06. The van der Waals surface area contributed by atoms with Crippen molar-refractivity contribution in [2.24, 2.45) is 0 Å². The van der Waals surface area contributed by atoms with E-state index in [0.717, 1.165) is 31.1 Å². The van der Waals surface area contributed by atoms with Crippen LogP contribution in [0.1, 0.15) is 5.69 Å². The summed E-state index contributed by atoms with van der Waals surface area (Å²) >= 11 is 1.56. The van der Waals surface area contributed by atoms with E-state index in [9.17, 15) is 0 Å². The molecule has 1 aliphatic heterocycles. The number of aromatic nitrogens is 1. The van der Waals surface area contributed by atoms with E-state index >= 15 is 0 Å². The Labute approximate surface area is 121 Å². The van der Waals surface area contributed by atoms with Gasteiger partial charge in [0.2, 0.25) is 17.5 Å². The number of halogens is 1. The van der Waals surface area contributed by atoms with Crippen molar-refractivity contribution < 1.29 is 4.42 Å². The maximum Gasteiger partial charge on any atom is 0.240 e. The predicted octanol–water partition coefficient (Wildman–Crippen LogP) is 2.11.